The fourth-order valence-electron chi connectivity index (χ4n) is 3.35. The first-order chi connectivity index (χ1) is 15.1. The van der Waals surface area contributed by atoms with Crippen LogP contribution < -0.4 is 20.1 Å². The second-order valence-electron chi connectivity index (χ2n) is 6.93. The lowest BCUT2D eigenvalue weighted by molar-refractivity contribution is -0.117. The average Bonchev–Trinajstić information content (AvgIpc) is 2.81. The van der Waals surface area contributed by atoms with E-state index >= 15 is 0 Å². The molecule has 160 valence electrons. The van der Waals surface area contributed by atoms with E-state index in [-0.39, 0.29) is 17.7 Å². The molecular weight excluding hydrogens is 392 g/mol. The Morgan fingerprint density at radius 1 is 0.806 bits per heavy atom. The number of hydrogen-bond acceptors (Lipinski definition) is 4. The highest BCUT2D eigenvalue weighted by Crippen LogP contribution is 2.37. The van der Waals surface area contributed by atoms with Crippen molar-refractivity contribution in [1.82, 2.24) is 0 Å². The van der Waals surface area contributed by atoms with Gasteiger partial charge in [0.2, 0.25) is 5.91 Å². The summed E-state index contributed by atoms with van der Waals surface area (Å²) in [6, 6.07) is 21.8. The van der Waals surface area contributed by atoms with Gasteiger partial charge in [0.05, 0.1) is 31.5 Å². The maximum atomic E-state index is 13.0. The molecule has 0 bridgehead atoms. The molecule has 0 spiro atoms. The smallest absolute Gasteiger partial charge is 0.255 e. The zero-order chi connectivity index (χ0) is 22.2. The van der Waals surface area contributed by atoms with Gasteiger partial charge in [-0.3, -0.25) is 9.59 Å². The second kappa shape index (κ2) is 10.3. The van der Waals surface area contributed by atoms with Gasteiger partial charge in [-0.05, 0) is 24.1 Å². The molecule has 0 aromatic heterocycles. The number of methoxy groups -OCH3 is 2. The van der Waals surface area contributed by atoms with Crippen LogP contribution in [0.2, 0.25) is 0 Å². The normalized spacial score (nSPS) is 11.3. The number of nitrogens with one attached hydrogen (secondary N) is 2. The minimum atomic E-state index is -0.297. The Morgan fingerprint density at radius 3 is 1.84 bits per heavy atom. The quantitative estimate of drug-likeness (QED) is 0.534. The van der Waals surface area contributed by atoms with E-state index in [9.17, 15) is 9.59 Å². The molecule has 0 unspecified atom stereocenters. The number of hydrogen-bond donors (Lipinski definition) is 2. The number of ether oxygens (including phenoxy) is 2. The lowest BCUT2D eigenvalue weighted by atomic mass is 9.95. The van der Waals surface area contributed by atoms with Crippen LogP contribution in [0.4, 0.5) is 11.4 Å². The van der Waals surface area contributed by atoms with E-state index in [1.165, 1.54) is 14.2 Å². The third-order valence-electron chi connectivity index (χ3n) is 4.99. The highest BCUT2D eigenvalue weighted by atomic mass is 16.5. The van der Waals surface area contributed by atoms with Gasteiger partial charge in [0.25, 0.3) is 5.91 Å². The van der Waals surface area contributed by atoms with Gasteiger partial charge in [0, 0.05) is 17.7 Å². The standard InChI is InChI=1S/C25H26N2O4/c1-4-19(17-11-7-5-8-12-17)25(29)27-21-16-22(30-2)20(15-23(21)31-3)26-24(28)18-13-9-6-10-14-18/h5-16,19H,4H2,1-3H3,(H,26,28)(H,27,29)/t19-/m1/s1. The van der Waals surface area contributed by atoms with Crippen LogP contribution in [0.5, 0.6) is 11.5 Å². The Kier molecular flexibility index (Phi) is 7.27. The van der Waals surface area contributed by atoms with Crippen LogP contribution in [0.1, 0.15) is 35.2 Å². The molecule has 6 heteroatoms. The van der Waals surface area contributed by atoms with Crippen molar-refractivity contribution in [3.8, 4) is 11.5 Å². The number of anilines is 2. The monoisotopic (exact) mass is 418 g/mol. The summed E-state index contributed by atoms with van der Waals surface area (Å²) in [6.07, 6.45) is 0.653. The number of carbonyl (C=O) groups is 2. The zero-order valence-corrected chi connectivity index (χ0v) is 17.8. The summed E-state index contributed by atoms with van der Waals surface area (Å²) >= 11 is 0. The maximum Gasteiger partial charge on any atom is 0.255 e. The molecule has 0 heterocycles. The lowest BCUT2D eigenvalue weighted by Crippen LogP contribution is -2.21. The van der Waals surface area contributed by atoms with E-state index in [0.717, 1.165) is 5.56 Å². The topological polar surface area (TPSA) is 76.7 Å². The van der Waals surface area contributed by atoms with Crippen LogP contribution in [0.25, 0.3) is 0 Å². The molecule has 3 rings (SSSR count). The molecule has 3 aromatic rings. The largest absolute Gasteiger partial charge is 0.494 e. The van der Waals surface area contributed by atoms with Crippen LogP contribution in [0.15, 0.2) is 72.8 Å². The summed E-state index contributed by atoms with van der Waals surface area (Å²) < 4.78 is 10.9. The van der Waals surface area contributed by atoms with Gasteiger partial charge in [0.15, 0.2) is 0 Å². The Hall–Kier alpha value is -3.80. The number of carbonyl (C=O) groups excluding carboxylic acids is 2. The van der Waals surface area contributed by atoms with Gasteiger partial charge in [-0.25, -0.2) is 0 Å². The average molecular weight is 418 g/mol. The molecular formula is C25H26N2O4. The summed E-state index contributed by atoms with van der Waals surface area (Å²) in [6.45, 7) is 1.97. The van der Waals surface area contributed by atoms with Gasteiger partial charge < -0.3 is 20.1 Å². The lowest BCUT2D eigenvalue weighted by Gasteiger charge is -2.19. The summed E-state index contributed by atoms with van der Waals surface area (Å²) in [5.41, 5.74) is 2.38. The van der Waals surface area contributed by atoms with Gasteiger partial charge in [-0.2, -0.15) is 0 Å². The minimum Gasteiger partial charge on any atom is -0.494 e. The molecule has 2 amide bonds. The van der Waals surface area contributed by atoms with E-state index in [2.05, 4.69) is 10.6 Å². The van der Waals surface area contributed by atoms with Crippen LogP contribution in [-0.2, 0) is 4.79 Å². The molecule has 0 aliphatic carbocycles. The molecule has 0 saturated carbocycles. The second-order valence-corrected chi connectivity index (χ2v) is 6.93. The first-order valence-corrected chi connectivity index (χ1v) is 10.1. The number of benzene rings is 3. The summed E-state index contributed by atoms with van der Waals surface area (Å²) in [4.78, 5) is 25.5. The van der Waals surface area contributed by atoms with Crippen LogP contribution in [0, 0.1) is 0 Å². The van der Waals surface area contributed by atoms with Crippen LogP contribution in [-0.4, -0.2) is 26.0 Å². The molecule has 6 nitrogen and oxygen atoms in total. The summed E-state index contributed by atoms with van der Waals surface area (Å²) in [7, 11) is 3.01. The molecule has 1 atom stereocenters. The van der Waals surface area contributed by atoms with Gasteiger partial charge in [-0.1, -0.05) is 55.5 Å². The van der Waals surface area contributed by atoms with Gasteiger partial charge in [0.1, 0.15) is 11.5 Å². The van der Waals surface area contributed by atoms with E-state index in [4.69, 9.17) is 9.47 Å². The van der Waals surface area contributed by atoms with Crippen molar-refractivity contribution in [2.75, 3.05) is 24.9 Å². The molecule has 31 heavy (non-hydrogen) atoms. The van der Waals surface area contributed by atoms with E-state index < -0.39 is 0 Å². The fraction of sp³-hybridized carbons (Fsp3) is 0.200. The van der Waals surface area contributed by atoms with Crippen molar-refractivity contribution in [2.24, 2.45) is 0 Å². The molecule has 0 saturated heterocycles. The third kappa shape index (κ3) is 5.22. The summed E-state index contributed by atoms with van der Waals surface area (Å²) in [5.74, 6) is 0.117. The molecule has 0 fully saturated rings. The van der Waals surface area contributed by atoms with E-state index in [0.29, 0.717) is 34.9 Å². The maximum absolute atomic E-state index is 13.0. The van der Waals surface area contributed by atoms with Crippen molar-refractivity contribution in [2.45, 2.75) is 19.3 Å². The number of amides is 2. The predicted octanol–water partition coefficient (Wildman–Crippen LogP) is 5.09. The van der Waals surface area contributed by atoms with Crippen molar-refractivity contribution < 1.29 is 19.1 Å². The van der Waals surface area contributed by atoms with Crippen LogP contribution >= 0.6 is 0 Å². The van der Waals surface area contributed by atoms with Crippen molar-refractivity contribution in [3.63, 3.8) is 0 Å². The SMILES string of the molecule is CC[C@@H](C(=O)Nc1cc(OC)c(NC(=O)c2ccccc2)cc1OC)c1ccccc1. The highest BCUT2D eigenvalue weighted by molar-refractivity contribution is 6.05. The fourth-order valence-corrected chi connectivity index (χ4v) is 3.35. The molecule has 3 aromatic carbocycles. The minimum absolute atomic E-state index is 0.143. The zero-order valence-electron chi connectivity index (χ0n) is 17.8. The Labute approximate surface area is 182 Å². The summed E-state index contributed by atoms with van der Waals surface area (Å²) in [5, 5.41) is 5.78. The Balaban J connectivity index is 1.86. The Morgan fingerprint density at radius 2 is 1.32 bits per heavy atom. The van der Waals surface area contributed by atoms with Crippen LogP contribution in [0.3, 0.4) is 0 Å². The van der Waals surface area contributed by atoms with E-state index in [1.807, 2.05) is 43.3 Å². The third-order valence-corrected chi connectivity index (χ3v) is 4.99. The van der Waals surface area contributed by atoms with E-state index in [1.54, 1.807) is 36.4 Å². The van der Waals surface area contributed by atoms with Crippen molar-refractivity contribution in [1.29, 1.82) is 0 Å². The highest BCUT2D eigenvalue weighted by Gasteiger charge is 2.21. The van der Waals surface area contributed by atoms with Gasteiger partial charge >= 0.3 is 0 Å². The predicted molar refractivity (Wildman–Crippen MR) is 122 cm³/mol. The molecule has 2 N–H and O–H groups in total. The van der Waals surface area contributed by atoms with Gasteiger partial charge in [-0.15, -0.1) is 0 Å². The molecule has 0 aliphatic heterocycles. The van der Waals surface area contributed by atoms with Crippen molar-refractivity contribution >= 4 is 23.2 Å². The first kappa shape index (κ1) is 21.9. The molecule has 0 radical (unpaired) electrons. The first-order valence-electron chi connectivity index (χ1n) is 10.1. The number of rotatable bonds is 8. The van der Waals surface area contributed by atoms with Crippen molar-refractivity contribution in [3.05, 3.63) is 83.9 Å². The Bertz CT molecular complexity index is 1040. The molecule has 0 aliphatic rings.